The molecule has 3 rings (SSSR count). The van der Waals surface area contributed by atoms with Gasteiger partial charge in [0.05, 0.1) is 10.0 Å². The minimum atomic E-state index is -4.13. The van der Waals surface area contributed by atoms with Gasteiger partial charge in [-0.15, -0.1) is 0 Å². The highest BCUT2D eigenvalue weighted by Crippen LogP contribution is 2.27. The minimum absolute atomic E-state index is 0.0219. The third kappa shape index (κ3) is 4.00. The van der Waals surface area contributed by atoms with Gasteiger partial charge in [-0.25, -0.2) is 18.1 Å². The Kier molecular flexibility index (Phi) is 5.55. The molecule has 140 valence electrons. The van der Waals surface area contributed by atoms with Gasteiger partial charge < -0.3 is 4.57 Å². The minimum Gasteiger partial charge on any atom is -0.330 e. The largest absolute Gasteiger partial charge is 0.330 e. The van der Waals surface area contributed by atoms with Crippen LogP contribution in [0.1, 0.15) is 17.4 Å². The van der Waals surface area contributed by atoms with Gasteiger partial charge >= 0.3 is 0 Å². The molecule has 0 aliphatic heterocycles. The third-order valence-electron chi connectivity index (χ3n) is 3.82. The number of carbonyl (C=O) groups is 1. The van der Waals surface area contributed by atoms with Crippen LogP contribution in [0.2, 0.25) is 10.0 Å². The molecule has 0 bridgehead atoms. The van der Waals surface area contributed by atoms with E-state index in [9.17, 15) is 13.2 Å². The number of hydrogen-bond donors (Lipinski definition) is 1. The van der Waals surface area contributed by atoms with Crippen LogP contribution < -0.4 is 4.72 Å². The second-order valence-corrected chi connectivity index (χ2v) is 8.05. The number of rotatable bonds is 5. The second-order valence-electron chi connectivity index (χ2n) is 5.58. The quantitative estimate of drug-likeness (QED) is 0.672. The van der Waals surface area contributed by atoms with Crippen LogP contribution in [0.15, 0.2) is 59.6 Å². The SMILES string of the molecule is CCn1cc(C(=O)NS(=O)(=O)c2ccccc2Cl)nc1-c1ccccc1Cl. The molecule has 1 aromatic heterocycles. The number of halogens is 2. The Labute approximate surface area is 166 Å². The van der Waals surface area contributed by atoms with E-state index in [0.29, 0.717) is 23.0 Å². The van der Waals surface area contributed by atoms with Crippen molar-refractivity contribution in [2.45, 2.75) is 18.4 Å². The van der Waals surface area contributed by atoms with Gasteiger partial charge in [0, 0.05) is 18.3 Å². The van der Waals surface area contributed by atoms with Crippen molar-refractivity contribution in [3.8, 4) is 11.4 Å². The van der Waals surface area contributed by atoms with Gasteiger partial charge in [0.25, 0.3) is 15.9 Å². The molecule has 0 saturated heterocycles. The first-order valence-electron chi connectivity index (χ1n) is 7.97. The molecule has 1 N–H and O–H groups in total. The van der Waals surface area contributed by atoms with Crippen molar-refractivity contribution in [2.24, 2.45) is 0 Å². The van der Waals surface area contributed by atoms with E-state index in [-0.39, 0.29) is 15.6 Å². The number of benzene rings is 2. The maximum absolute atomic E-state index is 12.5. The average molecular weight is 424 g/mol. The molecule has 0 saturated carbocycles. The summed E-state index contributed by atoms with van der Waals surface area (Å²) in [6.45, 7) is 2.41. The molecule has 1 amide bonds. The first kappa shape index (κ1) is 19.4. The van der Waals surface area contributed by atoms with Crippen LogP contribution in [0.5, 0.6) is 0 Å². The number of sulfonamides is 1. The lowest BCUT2D eigenvalue weighted by atomic mass is 10.2. The van der Waals surface area contributed by atoms with Gasteiger partial charge in [-0.05, 0) is 31.2 Å². The van der Waals surface area contributed by atoms with Gasteiger partial charge in [-0.3, -0.25) is 4.79 Å². The van der Waals surface area contributed by atoms with Crippen LogP contribution >= 0.6 is 23.2 Å². The predicted octanol–water partition coefficient (Wildman–Crippen LogP) is 4.00. The molecule has 0 atom stereocenters. The molecular weight excluding hydrogens is 409 g/mol. The number of hydrogen-bond acceptors (Lipinski definition) is 4. The van der Waals surface area contributed by atoms with Crippen LogP contribution in [-0.2, 0) is 16.6 Å². The van der Waals surface area contributed by atoms with Crippen molar-refractivity contribution >= 4 is 39.1 Å². The normalized spacial score (nSPS) is 11.4. The fourth-order valence-electron chi connectivity index (χ4n) is 2.52. The summed E-state index contributed by atoms with van der Waals surface area (Å²) in [5.74, 6) is -0.376. The van der Waals surface area contributed by atoms with E-state index < -0.39 is 15.9 Å². The number of carbonyl (C=O) groups excluding carboxylic acids is 1. The zero-order valence-corrected chi connectivity index (χ0v) is 16.5. The van der Waals surface area contributed by atoms with Gasteiger partial charge in [0.2, 0.25) is 0 Å². The summed E-state index contributed by atoms with van der Waals surface area (Å²) >= 11 is 12.1. The molecule has 0 spiro atoms. The maximum atomic E-state index is 12.5. The molecule has 2 aromatic carbocycles. The smallest absolute Gasteiger partial charge is 0.285 e. The number of aryl methyl sites for hydroxylation is 1. The maximum Gasteiger partial charge on any atom is 0.285 e. The number of nitrogens with zero attached hydrogens (tertiary/aromatic N) is 2. The van der Waals surface area contributed by atoms with Gasteiger partial charge in [-0.2, -0.15) is 0 Å². The molecule has 0 radical (unpaired) electrons. The first-order valence-corrected chi connectivity index (χ1v) is 10.2. The van der Waals surface area contributed by atoms with E-state index in [1.807, 2.05) is 11.6 Å². The van der Waals surface area contributed by atoms with Crippen LogP contribution in [-0.4, -0.2) is 23.9 Å². The van der Waals surface area contributed by atoms with E-state index >= 15 is 0 Å². The Balaban J connectivity index is 1.95. The lowest BCUT2D eigenvalue weighted by Gasteiger charge is -2.06. The van der Waals surface area contributed by atoms with E-state index in [2.05, 4.69) is 4.98 Å². The Morgan fingerprint density at radius 3 is 2.33 bits per heavy atom. The molecule has 27 heavy (non-hydrogen) atoms. The van der Waals surface area contributed by atoms with E-state index in [1.165, 1.54) is 24.4 Å². The zero-order chi connectivity index (χ0) is 19.6. The lowest BCUT2D eigenvalue weighted by molar-refractivity contribution is 0.0977. The van der Waals surface area contributed by atoms with Gasteiger partial charge in [0.15, 0.2) is 0 Å². The highest BCUT2D eigenvalue weighted by molar-refractivity contribution is 7.90. The first-order chi connectivity index (χ1) is 12.8. The number of imidazole rings is 1. The fraction of sp³-hybridized carbons (Fsp3) is 0.111. The molecule has 9 heteroatoms. The highest BCUT2D eigenvalue weighted by Gasteiger charge is 2.24. The van der Waals surface area contributed by atoms with Gasteiger partial charge in [0.1, 0.15) is 16.4 Å². The number of aromatic nitrogens is 2. The Bertz CT molecular complexity index is 1110. The van der Waals surface area contributed by atoms with Crippen molar-refractivity contribution in [3.63, 3.8) is 0 Å². The molecule has 0 unspecified atom stereocenters. The summed E-state index contributed by atoms with van der Waals surface area (Å²) in [7, 11) is -4.13. The van der Waals surface area contributed by atoms with Crippen molar-refractivity contribution in [1.29, 1.82) is 0 Å². The van der Waals surface area contributed by atoms with Crippen LogP contribution in [0, 0.1) is 0 Å². The summed E-state index contributed by atoms with van der Waals surface area (Å²) in [5, 5.41) is 0.502. The third-order valence-corrected chi connectivity index (χ3v) is 5.98. The molecule has 3 aromatic rings. The fourth-order valence-corrected chi connectivity index (χ4v) is 4.22. The topological polar surface area (TPSA) is 81.1 Å². The molecule has 0 aliphatic rings. The molecule has 1 heterocycles. The highest BCUT2D eigenvalue weighted by atomic mass is 35.5. The summed E-state index contributed by atoms with van der Waals surface area (Å²) in [6, 6.07) is 13.0. The van der Waals surface area contributed by atoms with Crippen LogP contribution in [0.25, 0.3) is 11.4 Å². The van der Waals surface area contributed by atoms with Crippen molar-refractivity contribution in [2.75, 3.05) is 0 Å². The monoisotopic (exact) mass is 423 g/mol. The molecule has 0 fully saturated rings. The molecule has 6 nitrogen and oxygen atoms in total. The van der Waals surface area contributed by atoms with Gasteiger partial charge in [-0.1, -0.05) is 47.5 Å². The average Bonchev–Trinajstić information content (AvgIpc) is 3.06. The Morgan fingerprint density at radius 2 is 1.70 bits per heavy atom. The predicted molar refractivity (Wildman–Crippen MR) is 104 cm³/mol. The van der Waals surface area contributed by atoms with Crippen molar-refractivity contribution in [3.05, 3.63) is 70.5 Å². The van der Waals surface area contributed by atoms with E-state index in [1.54, 1.807) is 34.9 Å². The Morgan fingerprint density at radius 1 is 1.07 bits per heavy atom. The van der Waals surface area contributed by atoms with E-state index in [0.717, 1.165) is 0 Å². The molecule has 0 aliphatic carbocycles. The summed E-state index contributed by atoms with van der Waals surface area (Å²) < 4.78 is 28.6. The van der Waals surface area contributed by atoms with Crippen LogP contribution in [0.4, 0.5) is 0 Å². The Hall–Kier alpha value is -2.35. The van der Waals surface area contributed by atoms with Crippen molar-refractivity contribution < 1.29 is 13.2 Å². The number of amides is 1. The lowest BCUT2D eigenvalue weighted by Crippen LogP contribution is -2.31. The second kappa shape index (κ2) is 7.72. The molecular formula is C18H15Cl2N3O3S. The zero-order valence-electron chi connectivity index (χ0n) is 14.2. The van der Waals surface area contributed by atoms with Crippen molar-refractivity contribution in [1.82, 2.24) is 14.3 Å². The summed E-state index contributed by atoms with van der Waals surface area (Å²) in [4.78, 5) is 16.6. The number of nitrogens with one attached hydrogen (secondary N) is 1. The van der Waals surface area contributed by atoms with Crippen LogP contribution in [0.3, 0.4) is 0 Å². The summed E-state index contributed by atoms with van der Waals surface area (Å²) in [5.41, 5.74) is 0.608. The summed E-state index contributed by atoms with van der Waals surface area (Å²) in [6.07, 6.45) is 1.48. The standard InChI is InChI=1S/C18H15Cl2N3O3S/c1-2-23-11-15(21-17(23)12-7-3-4-8-13(12)19)18(24)22-27(25,26)16-10-6-5-9-14(16)20/h3-11H,2H2,1H3,(H,22,24). The van der Waals surface area contributed by atoms with E-state index in [4.69, 9.17) is 23.2 Å².